The van der Waals surface area contributed by atoms with Gasteiger partial charge in [0.15, 0.2) is 5.65 Å². The molecule has 1 N–H and O–H groups in total. The number of amides is 1. The zero-order chi connectivity index (χ0) is 10.8. The van der Waals surface area contributed by atoms with E-state index in [1.54, 1.807) is 24.4 Å². The fourth-order valence-corrected chi connectivity index (χ4v) is 1.45. The van der Waals surface area contributed by atoms with Crippen LogP contribution in [0, 0.1) is 0 Å². The fraction of sp³-hybridized carbons (Fsp3) is 0.100. The Morgan fingerprint density at radius 3 is 2.93 bits per heavy atom. The third-order valence-corrected chi connectivity index (χ3v) is 2.18. The predicted molar refractivity (Wildman–Crippen MR) is 58.9 cm³/mol. The summed E-state index contributed by atoms with van der Waals surface area (Å²) < 4.78 is 0. The first-order valence-corrected chi connectivity index (χ1v) is 4.73. The van der Waals surface area contributed by atoms with E-state index in [0.29, 0.717) is 16.5 Å². The number of carbonyl (C=O) groups excluding carboxylic acids is 1. The lowest BCUT2D eigenvalue weighted by atomic mass is 10.3. The summed E-state index contributed by atoms with van der Waals surface area (Å²) in [5.41, 5.74) is 0.522. The molecule has 2 rings (SSSR count). The number of nitrogens with zero attached hydrogens (tertiary/aromatic N) is 2. The van der Waals surface area contributed by atoms with E-state index < -0.39 is 0 Å². The van der Waals surface area contributed by atoms with E-state index in [4.69, 9.17) is 11.6 Å². The number of fused-ring (bicyclic) bond motifs is 1. The van der Waals surface area contributed by atoms with E-state index in [-0.39, 0.29) is 5.91 Å². The minimum absolute atomic E-state index is 0.163. The Kier molecular flexibility index (Phi) is 2.51. The van der Waals surface area contributed by atoms with E-state index in [1.165, 1.54) is 6.92 Å². The van der Waals surface area contributed by atoms with E-state index in [9.17, 15) is 4.79 Å². The highest BCUT2D eigenvalue weighted by atomic mass is 35.5. The standard InChI is InChI=1S/C10H8ClN3O/c1-6(15)13-9-3-2-7-8(11)4-5-12-10(7)14-9/h2-5H,1H3,(H,12,13,14,15). The number of anilines is 1. The number of nitrogens with one attached hydrogen (secondary N) is 1. The summed E-state index contributed by atoms with van der Waals surface area (Å²) in [7, 11) is 0. The van der Waals surface area contributed by atoms with Gasteiger partial charge in [-0.05, 0) is 18.2 Å². The Bertz CT molecular complexity index is 527. The molecule has 2 heterocycles. The van der Waals surface area contributed by atoms with Crippen LogP contribution in [0.3, 0.4) is 0 Å². The van der Waals surface area contributed by atoms with Crippen LogP contribution in [0.25, 0.3) is 11.0 Å². The molecule has 4 nitrogen and oxygen atoms in total. The molecular formula is C10H8ClN3O. The monoisotopic (exact) mass is 221 g/mol. The summed E-state index contributed by atoms with van der Waals surface area (Å²) in [5.74, 6) is 0.314. The third kappa shape index (κ3) is 2.05. The molecule has 0 aliphatic heterocycles. The predicted octanol–water partition coefficient (Wildman–Crippen LogP) is 2.24. The molecule has 0 unspecified atom stereocenters. The van der Waals surface area contributed by atoms with Crippen molar-refractivity contribution in [3.05, 3.63) is 29.4 Å². The van der Waals surface area contributed by atoms with Crippen LogP contribution >= 0.6 is 11.6 Å². The van der Waals surface area contributed by atoms with Crippen LogP contribution in [-0.4, -0.2) is 15.9 Å². The number of rotatable bonds is 1. The molecule has 0 spiro atoms. The maximum atomic E-state index is 10.8. The lowest BCUT2D eigenvalue weighted by Crippen LogP contribution is -2.07. The van der Waals surface area contributed by atoms with Crippen LogP contribution in [0.5, 0.6) is 0 Å². The summed E-state index contributed by atoms with van der Waals surface area (Å²) in [6.45, 7) is 1.43. The lowest BCUT2D eigenvalue weighted by molar-refractivity contribution is -0.114. The number of hydrogen-bond acceptors (Lipinski definition) is 3. The van der Waals surface area contributed by atoms with E-state index >= 15 is 0 Å². The van der Waals surface area contributed by atoms with Gasteiger partial charge in [0.1, 0.15) is 5.82 Å². The smallest absolute Gasteiger partial charge is 0.222 e. The van der Waals surface area contributed by atoms with E-state index in [0.717, 1.165) is 5.39 Å². The Balaban J connectivity index is 2.52. The summed E-state index contributed by atoms with van der Waals surface area (Å²) >= 11 is 5.95. The molecule has 76 valence electrons. The SMILES string of the molecule is CC(=O)Nc1ccc2c(Cl)ccnc2n1. The quantitative estimate of drug-likeness (QED) is 0.804. The summed E-state index contributed by atoms with van der Waals surface area (Å²) in [6, 6.07) is 5.17. The van der Waals surface area contributed by atoms with Crippen molar-refractivity contribution in [2.75, 3.05) is 5.32 Å². The van der Waals surface area contributed by atoms with Crippen molar-refractivity contribution in [2.45, 2.75) is 6.92 Å². The minimum Gasteiger partial charge on any atom is -0.311 e. The molecule has 0 radical (unpaired) electrons. The molecule has 0 saturated heterocycles. The second-order valence-corrected chi connectivity index (χ2v) is 3.45. The zero-order valence-corrected chi connectivity index (χ0v) is 8.75. The molecule has 0 atom stereocenters. The number of carbonyl (C=O) groups is 1. The Hall–Kier alpha value is -1.68. The van der Waals surface area contributed by atoms with Gasteiger partial charge in [0.25, 0.3) is 0 Å². The van der Waals surface area contributed by atoms with Gasteiger partial charge in [0, 0.05) is 18.5 Å². The first-order chi connectivity index (χ1) is 7.16. The third-order valence-electron chi connectivity index (χ3n) is 1.85. The normalized spacial score (nSPS) is 10.3. The van der Waals surface area contributed by atoms with Crippen molar-refractivity contribution in [2.24, 2.45) is 0 Å². The van der Waals surface area contributed by atoms with Crippen LogP contribution < -0.4 is 5.32 Å². The molecule has 5 heteroatoms. The average Bonchev–Trinajstić information content (AvgIpc) is 2.17. The van der Waals surface area contributed by atoms with Crippen molar-refractivity contribution < 1.29 is 4.79 Å². The van der Waals surface area contributed by atoms with Crippen LogP contribution in [0.4, 0.5) is 5.82 Å². The average molecular weight is 222 g/mol. The van der Waals surface area contributed by atoms with E-state index in [1.807, 2.05) is 0 Å². The second-order valence-electron chi connectivity index (χ2n) is 3.04. The summed E-state index contributed by atoms with van der Waals surface area (Å²) in [4.78, 5) is 19.0. The maximum Gasteiger partial charge on any atom is 0.222 e. The van der Waals surface area contributed by atoms with Crippen LogP contribution in [0.15, 0.2) is 24.4 Å². The Labute approximate surface area is 91.3 Å². The number of pyridine rings is 2. The second kappa shape index (κ2) is 3.82. The van der Waals surface area contributed by atoms with Crippen LogP contribution in [0.1, 0.15) is 6.92 Å². The highest BCUT2D eigenvalue weighted by Crippen LogP contribution is 2.21. The molecule has 0 aliphatic carbocycles. The molecule has 0 saturated carbocycles. The number of halogens is 1. The van der Waals surface area contributed by atoms with Gasteiger partial charge in [-0.1, -0.05) is 11.6 Å². The van der Waals surface area contributed by atoms with Gasteiger partial charge in [-0.2, -0.15) is 0 Å². The zero-order valence-electron chi connectivity index (χ0n) is 7.99. The van der Waals surface area contributed by atoms with Crippen LogP contribution in [-0.2, 0) is 4.79 Å². The molecular weight excluding hydrogens is 214 g/mol. The van der Waals surface area contributed by atoms with Gasteiger partial charge in [-0.25, -0.2) is 9.97 Å². The van der Waals surface area contributed by atoms with E-state index in [2.05, 4.69) is 15.3 Å². The van der Waals surface area contributed by atoms with Gasteiger partial charge in [-0.15, -0.1) is 0 Å². The largest absolute Gasteiger partial charge is 0.311 e. The highest BCUT2D eigenvalue weighted by Gasteiger charge is 2.03. The molecule has 2 aromatic rings. The molecule has 0 aliphatic rings. The summed E-state index contributed by atoms with van der Waals surface area (Å²) in [6.07, 6.45) is 1.58. The van der Waals surface area contributed by atoms with Gasteiger partial charge in [-0.3, -0.25) is 4.79 Å². The van der Waals surface area contributed by atoms with Gasteiger partial charge < -0.3 is 5.32 Å². The highest BCUT2D eigenvalue weighted by molar-refractivity contribution is 6.35. The van der Waals surface area contributed by atoms with Gasteiger partial charge >= 0.3 is 0 Å². The molecule has 15 heavy (non-hydrogen) atoms. The number of aromatic nitrogens is 2. The van der Waals surface area contributed by atoms with Crippen molar-refractivity contribution in [1.29, 1.82) is 0 Å². The first-order valence-electron chi connectivity index (χ1n) is 4.35. The molecule has 0 bridgehead atoms. The molecule has 0 fully saturated rings. The van der Waals surface area contributed by atoms with Crippen molar-refractivity contribution in [1.82, 2.24) is 9.97 Å². The van der Waals surface area contributed by atoms with Crippen LogP contribution in [0.2, 0.25) is 5.02 Å². The maximum absolute atomic E-state index is 10.8. The molecule has 1 amide bonds. The summed E-state index contributed by atoms with van der Waals surface area (Å²) in [5, 5.41) is 3.95. The Morgan fingerprint density at radius 1 is 1.40 bits per heavy atom. The minimum atomic E-state index is -0.163. The molecule has 2 aromatic heterocycles. The fourth-order valence-electron chi connectivity index (χ4n) is 1.25. The first kappa shape index (κ1) is 9.86. The lowest BCUT2D eigenvalue weighted by Gasteiger charge is -2.02. The van der Waals surface area contributed by atoms with Crippen molar-refractivity contribution in [3.63, 3.8) is 0 Å². The van der Waals surface area contributed by atoms with Gasteiger partial charge in [0.05, 0.1) is 5.02 Å². The van der Waals surface area contributed by atoms with Crippen molar-refractivity contribution in [3.8, 4) is 0 Å². The van der Waals surface area contributed by atoms with Gasteiger partial charge in [0.2, 0.25) is 5.91 Å². The van der Waals surface area contributed by atoms with Crippen molar-refractivity contribution >= 4 is 34.4 Å². The topological polar surface area (TPSA) is 54.9 Å². The Morgan fingerprint density at radius 2 is 2.20 bits per heavy atom. The molecule has 0 aromatic carbocycles. The number of hydrogen-bond donors (Lipinski definition) is 1.